The van der Waals surface area contributed by atoms with Crippen LogP contribution in [0.1, 0.15) is 5.56 Å². The van der Waals surface area contributed by atoms with Gasteiger partial charge in [-0.2, -0.15) is 0 Å². The zero-order chi connectivity index (χ0) is 16.5. The average molecular weight is 340 g/mol. The monoisotopic (exact) mass is 339 g/mol. The molecule has 122 valence electrons. The average Bonchev–Trinajstić information content (AvgIpc) is 2.97. The first-order valence-corrected chi connectivity index (χ1v) is 8.46. The van der Waals surface area contributed by atoms with Crippen LogP contribution < -0.4 is 4.90 Å². The molecule has 1 saturated heterocycles. The summed E-state index contributed by atoms with van der Waals surface area (Å²) in [5, 5.41) is 12.3. The number of fused-ring (bicyclic) bond motifs is 1. The first-order chi connectivity index (χ1) is 11.7. The lowest BCUT2D eigenvalue weighted by Gasteiger charge is -2.17. The Labute approximate surface area is 145 Å². The van der Waals surface area contributed by atoms with Gasteiger partial charge >= 0.3 is 0 Å². The Hall–Kier alpha value is -2.17. The number of para-hydroxylation sites is 1. The fourth-order valence-corrected chi connectivity index (χ4v) is 3.52. The molecular formula is C19H18ClN3O. The van der Waals surface area contributed by atoms with E-state index in [-0.39, 0.29) is 12.0 Å². The summed E-state index contributed by atoms with van der Waals surface area (Å²) in [7, 11) is 0. The van der Waals surface area contributed by atoms with Crippen molar-refractivity contribution in [3.63, 3.8) is 0 Å². The van der Waals surface area contributed by atoms with Crippen LogP contribution in [0, 0.1) is 5.92 Å². The third-order valence-electron chi connectivity index (χ3n) is 4.66. The molecule has 1 N–H and O–H groups in total. The number of aliphatic hydroxyl groups is 1. The van der Waals surface area contributed by atoms with Gasteiger partial charge in [-0.15, -0.1) is 0 Å². The molecular weight excluding hydrogens is 322 g/mol. The Kier molecular flexibility index (Phi) is 4.08. The summed E-state index contributed by atoms with van der Waals surface area (Å²) in [6.45, 7) is 1.38. The maximum atomic E-state index is 10.5. The van der Waals surface area contributed by atoms with Crippen molar-refractivity contribution in [3.8, 4) is 0 Å². The lowest BCUT2D eigenvalue weighted by Crippen LogP contribution is -2.21. The Balaban J connectivity index is 1.55. The topological polar surface area (TPSA) is 49.2 Å². The van der Waals surface area contributed by atoms with Gasteiger partial charge in [0.2, 0.25) is 0 Å². The lowest BCUT2D eigenvalue weighted by atomic mass is 9.94. The van der Waals surface area contributed by atoms with Gasteiger partial charge in [0.15, 0.2) is 0 Å². The molecule has 0 aliphatic carbocycles. The van der Waals surface area contributed by atoms with Crippen LogP contribution in [0.3, 0.4) is 0 Å². The third-order valence-corrected chi connectivity index (χ3v) is 4.89. The number of hydrogen-bond acceptors (Lipinski definition) is 4. The molecule has 3 aromatic rings. The maximum Gasteiger partial charge on any atom is 0.128 e. The number of hydrogen-bond donors (Lipinski definition) is 1. The first kappa shape index (κ1) is 15.4. The summed E-state index contributed by atoms with van der Waals surface area (Å²) in [4.78, 5) is 10.9. The van der Waals surface area contributed by atoms with E-state index in [1.165, 1.54) is 5.56 Å². The van der Waals surface area contributed by atoms with E-state index in [0.29, 0.717) is 11.6 Å². The van der Waals surface area contributed by atoms with Crippen molar-refractivity contribution in [1.29, 1.82) is 0 Å². The van der Waals surface area contributed by atoms with Crippen molar-refractivity contribution in [1.82, 2.24) is 9.97 Å². The summed E-state index contributed by atoms with van der Waals surface area (Å²) < 4.78 is 0. The molecule has 0 unspecified atom stereocenters. The minimum atomic E-state index is -0.366. The zero-order valence-electron chi connectivity index (χ0n) is 13.1. The van der Waals surface area contributed by atoms with Crippen LogP contribution in [0.5, 0.6) is 0 Å². The van der Waals surface area contributed by atoms with Gasteiger partial charge in [0.1, 0.15) is 5.82 Å². The van der Waals surface area contributed by atoms with E-state index in [2.05, 4.69) is 27.0 Å². The summed E-state index contributed by atoms with van der Waals surface area (Å²) in [6.07, 6.45) is 3.95. The first-order valence-electron chi connectivity index (χ1n) is 8.08. The molecule has 2 aromatic heterocycles. The Morgan fingerprint density at radius 3 is 2.79 bits per heavy atom. The van der Waals surface area contributed by atoms with Crippen molar-refractivity contribution in [2.45, 2.75) is 12.5 Å². The van der Waals surface area contributed by atoms with E-state index in [1.54, 1.807) is 6.20 Å². The van der Waals surface area contributed by atoms with Gasteiger partial charge in [-0.05, 0) is 36.2 Å². The number of pyridine rings is 2. The number of nitrogens with zero attached hydrogens (tertiary/aromatic N) is 3. The fourth-order valence-electron chi connectivity index (χ4n) is 3.41. The molecule has 0 saturated carbocycles. The molecule has 0 spiro atoms. The quantitative estimate of drug-likeness (QED) is 0.795. The number of β-amino-alcohol motifs (C(OH)–C–C–N with tert-alkyl or cyclic N) is 1. The van der Waals surface area contributed by atoms with Crippen LogP contribution in [0.15, 0.2) is 54.9 Å². The van der Waals surface area contributed by atoms with Crippen LogP contribution >= 0.6 is 11.6 Å². The number of anilines is 1. The van der Waals surface area contributed by atoms with Crippen molar-refractivity contribution >= 4 is 28.3 Å². The lowest BCUT2D eigenvalue weighted by molar-refractivity contribution is 0.148. The van der Waals surface area contributed by atoms with Crippen LogP contribution in [0.25, 0.3) is 10.9 Å². The Morgan fingerprint density at radius 2 is 1.96 bits per heavy atom. The third kappa shape index (κ3) is 2.95. The SMILES string of the molecule is O[C@@H]1CN(c2ccc(Cl)cn2)C[C@H]1Cc1ccnc2ccccc12. The van der Waals surface area contributed by atoms with Crippen LogP contribution in [-0.4, -0.2) is 34.3 Å². The molecule has 3 heterocycles. The Morgan fingerprint density at radius 1 is 1.08 bits per heavy atom. The Bertz CT molecular complexity index is 847. The van der Waals surface area contributed by atoms with Gasteiger partial charge in [-0.3, -0.25) is 4.98 Å². The smallest absolute Gasteiger partial charge is 0.128 e. The molecule has 1 aromatic carbocycles. The van der Waals surface area contributed by atoms with Crippen molar-refractivity contribution in [3.05, 3.63) is 65.4 Å². The summed E-state index contributed by atoms with van der Waals surface area (Å²) in [6, 6.07) is 13.9. The molecule has 1 fully saturated rings. The fraction of sp³-hybridized carbons (Fsp3) is 0.263. The van der Waals surface area contributed by atoms with Crippen LogP contribution in [0.4, 0.5) is 5.82 Å². The molecule has 0 radical (unpaired) electrons. The van der Waals surface area contributed by atoms with Gasteiger partial charge in [0.05, 0.1) is 16.6 Å². The maximum absolute atomic E-state index is 10.5. The molecule has 24 heavy (non-hydrogen) atoms. The molecule has 1 aliphatic rings. The highest BCUT2D eigenvalue weighted by Gasteiger charge is 2.32. The van der Waals surface area contributed by atoms with Gasteiger partial charge in [-0.25, -0.2) is 4.98 Å². The second-order valence-electron chi connectivity index (χ2n) is 6.26. The van der Waals surface area contributed by atoms with Gasteiger partial charge in [-0.1, -0.05) is 29.8 Å². The van der Waals surface area contributed by atoms with Gasteiger partial charge in [0, 0.05) is 36.8 Å². The van der Waals surface area contributed by atoms with Crippen LogP contribution in [-0.2, 0) is 6.42 Å². The number of rotatable bonds is 3. The van der Waals surface area contributed by atoms with Gasteiger partial charge in [0.25, 0.3) is 0 Å². The number of aromatic nitrogens is 2. The predicted octanol–water partition coefficient (Wildman–Crippen LogP) is 3.32. The van der Waals surface area contributed by atoms with Crippen LogP contribution in [0.2, 0.25) is 5.02 Å². The molecule has 4 nitrogen and oxygen atoms in total. The predicted molar refractivity (Wildman–Crippen MR) is 96.4 cm³/mol. The highest BCUT2D eigenvalue weighted by molar-refractivity contribution is 6.30. The normalized spacial score (nSPS) is 20.7. The van der Waals surface area contributed by atoms with E-state index < -0.39 is 0 Å². The highest BCUT2D eigenvalue weighted by Crippen LogP contribution is 2.28. The largest absolute Gasteiger partial charge is 0.391 e. The van der Waals surface area contributed by atoms with Crippen molar-refractivity contribution in [2.24, 2.45) is 5.92 Å². The highest BCUT2D eigenvalue weighted by atomic mass is 35.5. The van der Waals surface area contributed by atoms with E-state index >= 15 is 0 Å². The molecule has 2 atom stereocenters. The molecule has 0 amide bonds. The van der Waals surface area contributed by atoms with E-state index in [4.69, 9.17) is 11.6 Å². The number of halogens is 1. The van der Waals surface area contributed by atoms with E-state index in [0.717, 1.165) is 29.7 Å². The molecule has 1 aliphatic heterocycles. The van der Waals surface area contributed by atoms with Gasteiger partial charge < -0.3 is 10.0 Å². The number of aliphatic hydroxyl groups excluding tert-OH is 1. The minimum absolute atomic E-state index is 0.174. The standard InChI is InChI=1S/C19H18ClN3O/c20-15-5-6-19(22-10-15)23-11-14(18(24)12-23)9-13-7-8-21-17-4-2-1-3-16(13)17/h1-8,10,14,18,24H,9,11-12H2/t14-,18-/m1/s1. The molecule has 0 bridgehead atoms. The molecule has 5 heteroatoms. The van der Waals surface area contributed by atoms with E-state index in [1.807, 2.05) is 36.5 Å². The minimum Gasteiger partial charge on any atom is -0.391 e. The molecule has 4 rings (SSSR count). The summed E-state index contributed by atoms with van der Waals surface area (Å²) in [5.74, 6) is 1.04. The second kappa shape index (κ2) is 6.38. The van der Waals surface area contributed by atoms with Crippen molar-refractivity contribution in [2.75, 3.05) is 18.0 Å². The summed E-state index contributed by atoms with van der Waals surface area (Å²) in [5.41, 5.74) is 2.23. The van der Waals surface area contributed by atoms with E-state index in [9.17, 15) is 5.11 Å². The van der Waals surface area contributed by atoms with Crippen molar-refractivity contribution < 1.29 is 5.11 Å². The summed E-state index contributed by atoms with van der Waals surface area (Å²) >= 11 is 5.90. The second-order valence-corrected chi connectivity index (χ2v) is 6.69. The number of benzene rings is 1. The zero-order valence-corrected chi connectivity index (χ0v) is 13.9.